The number of aryl methyl sites for hydroxylation is 2. The van der Waals surface area contributed by atoms with E-state index >= 15 is 0 Å². The Labute approximate surface area is 108 Å². The molecule has 0 radical (unpaired) electrons. The Hall–Kier alpha value is -1.51. The van der Waals surface area contributed by atoms with Gasteiger partial charge < -0.3 is 10.0 Å². The third kappa shape index (κ3) is 2.84. The van der Waals surface area contributed by atoms with Crippen LogP contribution in [0.1, 0.15) is 36.8 Å². The largest absolute Gasteiger partial charge is 0.481 e. The van der Waals surface area contributed by atoms with E-state index in [1.54, 1.807) is 0 Å². The molecular weight excluding hydrogens is 226 g/mol. The van der Waals surface area contributed by atoms with Crippen LogP contribution in [0.5, 0.6) is 0 Å². The van der Waals surface area contributed by atoms with E-state index in [0.29, 0.717) is 6.04 Å². The molecule has 2 rings (SSSR count). The number of hydrogen-bond acceptors (Lipinski definition) is 2. The summed E-state index contributed by atoms with van der Waals surface area (Å²) in [5.74, 6) is -0.692. The monoisotopic (exact) mass is 247 g/mol. The number of carboxylic acid groups (broad SMARTS) is 1. The SMILES string of the molecule is Cc1ccc(N2CCCC2CCC(=O)O)c(C)c1. The fourth-order valence-electron chi connectivity index (χ4n) is 2.87. The fourth-order valence-corrected chi connectivity index (χ4v) is 2.87. The quantitative estimate of drug-likeness (QED) is 0.888. The zero-order chi connectivity index (χ0) is 13.1. The first-order chi connectivity index (χ1) is 8.58. The Bertz CT molecular complexity index is 442. The van der Waals surface area contributed by atoms with Gasteiger partial charge in [-0.3, -0.25) is 4.79 Å². The first-order valence-corrected chi connectivity index (χ1v) is 6.63. The molecule has 1 unspecified atom stereocenters. The second kappa shape index (κ2) is 5.42. The van der Waals surface area contributed by atoms with Crippen LogP contribution in [-0.2, 0) is 4.79 Å². The predicted octanol–water partition coefficient (Wildman–Crippen LogP) is 3.14. The fraction of sp³-hybridized carbons (Fsp3) is 0.533. The Kier molecular flexibility index (Phi) is 3.90. The van der Waals surface area contributed by atoms with Crippen molar-refractivity contribution < 1.29 is 9.90 Å². The normalized spacial score (nSPS) is 19.2. The molecule has 1 saturated heterocycles. The van der Waals surface area contributed by atoms with Gasteiger partial charge in [0.15, 0.2) is 0 Å². The molecule has 1 aliphatic rings. The molecule has 3 heteroatoms. The molecule has 1 heterocycles. The molecule has 0 saturated carbocycles. The molecule has 1 aromatic rings. The van der Waals surface area contributed by atoms with Crippen LogP contribution >= 0.6 is 0 Å². The summed E-state index contributed by atoms with van der Waals surface area (Å²) in [5.41, 5.74) is 3.84. The van der Waals surface area contributed by atoms with Crippen molar-refractivity contribution in [2.45, 2.75) is 45.6 Å². The maximum atomic E-state index is 10.7. The minimum Gasteiger partial charge on any atom is -0.481 e. The van der Waals surface area contributed by atoms with Gasteiger partial charge in [0.2, 0.25) is 0 Å². The van der Waals surface area contributed by atoms with E-state index in [0.717, 1.165) is 25.8 Å². The van der Waals surface area contributed by atoms with Gasteiger partial charge >= 0.3 is 5.97 Å². The van der Waals surface area contributed by atoms with E-state index in [-0.39, 0.29) is 6.42 Å². The second-order valence-corrected chi connectivity index (χ2v) is 5.21. The summed E-state index contributed by atoms with van der Waals surface area (Å²) in [6.07, 6.45) is 3.30. The highest BCUT2D eigenvalue weighted by Crippen LogP contribution is 2.30. The average Bonchev–Trinajstić information content (AvgIpc) is 2.74. The molecule has 1 aliphatic heterocycles. The number of nitrogens with zero attached hydrogens (tertiary/aromatic N) is 1. The number of carboxylic acids is 1. The van der Waals surface area contributed by atoms with Gasteiger partial charge in [-0.2, -0.15) is 0 Å². The molecule has 3 nitrogen and oxygen atoms in total. The number of benzene rings is 1. The lowest BCUT2D eigenvalue weighted by atomic mass is 10.1. The third-order valence-corrected chi connectivity index (χ3v) is 3.73. The average molecular weight is 247 g/mol. The lowest BCUT2D eigenvalue weighted by Gasteiger charge is -2.28. The summed E-state index contributed by atoms with van der Waals surface area (Å²) in [6.45, 7) is 5.28. The van der Waals surface area contributed by atoms with Crippen molar-refractivity contribution in [2.24, 2.45) is 0 Å². The first kappa shape index (κ1) is 12.9. The standard InChI is InChI=1S/C15H21NO2/c1-11-5-7-14(12(2)10-11)16-9-3-4-13(16)6-8-15(17)18/h5,7,10,13H,3-4,6,8-9H2,1-2H3,(H,17,18). The lowest BCUT2D eigenvalue weighted by Crippen LogP contribution is -2.30. The van der Waals surface area contributed by atoms with E-state index in [4.69, 9.17) is 5.11 Å². The van der Waals surface area contributed by atoms with Crippen LogP contribution in [0, 0.1) is 13.8 Å². The Morgan fingerprint density at radius 3 is 2.89 bits per heavy atom. The van der Waals surface area contributed by atoms with Crippen molar-refractivity contribution in [1.29, 1.82) is 0 Å². The van der Waals surface area contributed by atoms with Crippen molar-refractivity contribution in [3.05, 3.63) is 29.3 Å². The summed E-state index contributed by atoms with van der Waals surface area (Å²) in [4.78, 5) is 13.1. The number of aliphatic carboxylic acids is 1. The molecule has 0 amide bonds. The lowest BCUT2D eigenvalue weighted by molar-refractivity contribution is -0.137. The predicted molar refractivity (Wildman–Crippen MR) is 73.2 cm³/mol. The topological polar surface area (TPSA) is 40.5 Å². The summed E-state index contributed by atoms with van der Waals surface area (Å²) >= 11 is 0. The van der Waals surface area contributed by atoms with Gasteiger partial charge in [0.05, 0.1) is 0 Å². The molecule has 0 bridgehead atoms. The van der Waals surface area contributed by atoms with E-state index in [9.17, 15) is 4.79 Å². The second-order valence-electron chi connectivity index (χ2n) is 5.21. The minimum atomic E-state index is -0.692. The summed E-state index contributed by atoms with van der Waals surface area (Å²) < 4.78 is 0. The van der Waals surface area contributed by atoms with E-state index in [2.05, 4.69) is 36.9 Å². The first-order valence-electron chi connectivity index (χ1n) is 6.63. The highest BCUT2D eigenvalue weighted by atomic mass is 16.4. The Morgan fingerprint density at radius 1 is 1.44 bits per heavy atom. The van der Waals surface area contributed by atoms with Gasteiger partial charge in [-0.1, -0.05) is 17.7 Å². The molecule has 0 spiro atoms. The van der Waals surface area contributed by atoms with E-state index in [1.807, 2.05) is 0 Å². The van der Waals surface area contributed by atoms with Crippen LogP contribution in [0.15, 0.2) is 18.2 Å². The number of hydrogen-bond donors (Lipinski definition) is 1. The molecule has 98 valence electrons. The number of rotatable bonds is 4. The molecule has 0 aromatic heterocycles. The summed E-state index contributed by atoms with van der Waals surface area (Å²) in [6, 6.07) is 6.89. The van der Waals surface area contributed by atoms with Crippen molar-refractivity contribution in [1.82, 2.24) is 0 Å². The van der Waals surface area contributed by atoms with Crippen molar-refractivity contribution in [3.63, 3.8) is 0 Å². The maximum absolute atomic E-state index is 10.7. The van der Waals surface area contributed by atoms with Gasteiger partial charge in [0.1, 0.15) is 0 Å². The zero-order valence-corrected chi connectivity index (χ0v) is 11.1. The van der Waals surface area contributed by atoms with Gasteiger partial charge in [0, 0.05) is 24.7 Å². The highest BCUT2D eigenvalue weighted by Gasteiger charge is 2.25. The van der Waals surface area contributed by atoms with Gasteiger partial charge in [-0.25, -0.2) is 0 Å². The van der Waals surface area contributed by atoms with E-state index in [1.165, 1.54) is 16.8 Å². The van der Waals surface area contributed by atoms with E-state index < -0.39 is 5.97 Å². The number of anilines is 1. The molecule has 1 aromatic carbocycles. The van der Waals surface area contributed by atoms with Crippen LogP contribution in [0.3, 0.4) is 0 Å². The van der Waals surface area contributed by atoms with Crippen molar-refractivity contribution in [3.8, 4) is 0 Å². The minimum absolute atomic E-state index is 0.270. The molecule has 0 aliphatic carbocycles. The maximum Gasteiger partial charge on any atom is 0.303 e. The van der Waals surface area contributed by atoms with Crippen LogP contribution < -0.4 is 4.90 Å². The van der Waals surface area contributed by atoms with Gasteiger partial charge in [0.25, 0.3) is 0 Å². The third-order valence-electron chi connectivity index (χ3n) is 3.73. The van der Waals surface area contributed by atoms with Crippen LogP contribution in [0.2, 0.25) is 0 Å². The van der Waals surface area contributed by atoms with Crippen LogP contribution in [-0.4, -0.2) is 23.7 Å². The van der Waals surface area contributed by atoms with Crippen LogP contribution in [0.25, 0.3) is 0 Å². The molecule has 1 atom stereocenters. The zero-order valence-electron chi connectivity index (χ0n) is 11.1. The van der Waals surface area contributed by atoms with Crippen molar-refractivity contribution in [2.75, 3.05) is 11.4 Å². The molecular formula is C15H21NO2. The molecule has 1 fully saturated rings. The number of carbonyl (C=O) groups is 1. The molecule has 1 N–H and O–H groups in total. The summed E-state index contributed by atoms with van der Waals surface area (Å²) in [5, 5.41) is 8.80. The van der Waals surface area contributed by atoms with Gasteiger partial charge in [-0.15, -0.1) is 0 Å². The van der Waals surface area contributed by atoms with Gasteiger partial charge in [-0.05, 0) is 44.7 Å². The Balaban J connectivity index is 2.13. The smallest absolute Gasteiger partial charge is 0.303 e. The van der Waals surface area contributed by atoms with Crippen LogP contribution in [0.4, 0.5) is 5.69 Å². The Morgan fingerprint density at radius 2 is 2.22 bits per heavy atom. The molecule has 18 heavy (non-hydrogen) atoms. The van der Waals surface area contributed by atoms with Crippen molar-refractivity contribution >= 4 is 11.7 Å². The summed E-state index contributed by atoms with van der Waals surface area (Å²) in [7, 11) is 0. The highest BCUT2D eigenvalue weighted by molar-refractivity contribution is 5.67.